The zero-order chi connectivity index (χ0) is 26.7. The molecule has 0 bridgehead atoms. The fourth-order valence-electron chi connectivity index (χ4n) is 3.97. The Bertz CT molecular complexity index is 1180. The Kier molecular flexibility index (Phi) is 8.04. The molecule has 0 saturated carbocycles. The number of rotatable bonds is 8. The van der Waals surface area contributed by atoms with Crippen molar-refractivity contribution in [3.05, 3.63) is 82.2 Å². The summed E-state index contributed by atoms with van der Waals surface area (Å²) < 4.78 is 5.22. The van der Waals surface area contributed by atoms with Crippen LogP contribution in [-0.2, 0) is 12.0 Å². The van der Waals surface area contributed by atoms with Crippen molar-refractivity contribution in [2.24, 2.45) is 11.1 Å². The second-order valence-electron chi connectivity index (χ2n) is 11.2. The molecule has 0 aliphatic heterocycles. The molecular weight excluding hydrogens is 452 g/mol. The third kappa shape index (κ3) is 6.61. The quantitative estimate of drug-likeness (QED) is 0.436. The van der Waals surface area contributed by atoms with Gasteiger partial charge in [0.25, 0.3) is 11.8 Å². The third-order valence-corrected chi connectivity index (χ3v) is 6.30. The highest BCUT2D eigenvalue weighted by Crippen LogP contribution is 2.24. The van der Waals surface area contributed by atoms with Crippen molar-refractivity contribution in [3.8, 4) is 0 Å². The number of hydrogen-bond acceptors (Lipinski definition) is 5. The number of nitrogens with zero attached hydrogens (tertiary/aromatic N) is 2. The third-order valence-electron chi connectivity index (χ3n) is 6.30. The molecule has 0 unspecified atom stereocenters. The van der Waals surface area contributed by atoms with Crippen molar-refractivity contribution in [2.75, 3.05) is 18.4 Å². The predicted molar refractivity (Wildman–Crippen MR) is 143 cm³/mol. The number of aryl methyl sites for hydroxylation is 2. The number of hydrogen-bond donors (Lipinski definition) is 2. The molecule has 3 rings (SSSR count). The molecule has 7 nitrogen and oxygen atoms in total. The van der Waals surface area contributed by atoms with Gasteiger partial charge in [-0.05, 0) is 66.6 Å². The smallest absolute Gasteiger partial charge is 0.259 e. The van der Waals surface area contributed by atoms with E-state index in [9.17, 15) is 9.59 Å². The molecule has 0 spiro atoms. The molecule has 0 radical (unpaired) electrons. The largest absolute Gasteiger partial charge is 0.361 e. The maximum Gasteiger partial charge on any atom is 0.259 e. The number of benzene rings is 2. The maximum atomic E-state index is 13.4. The second kappa shape index (κ2) is 10.7. The van der Waals surface area contributed by atoms with Crippen molar-refractivity contribution >= 4 is 17.5 Å². The molecule has 3 N–H and O–H groups in total. The predicted octanol–water partition coefficient (Wildman–Crippen LogP) is 5.47. The average Bonchev–Trinajstić information content (AvgIpc) is 3.16. The lowest BCUT2D eigenvalue weighted by atomic mass is 9.87. The first-order valence-electron chi connectivity index (χ1n) is 12.2. The van der Waals surface area contributed by atoms with Crippen LogP contribution in [0.15, 0.2) is 53.1 Å². The average molecular weight is 491 g/mol. The first kappa shape index (κ1) is 27.1. The summed E-state index contributed by atoms with van der Waals surface area (Å²) in [6.45, 7) is 15.3. The number of anilines is 1. The molecule has 7 heteroatoms. The van der Waals surface area contributed by atoms with Crippen LogP contribution in [0.1, 0.15) is 77.9 Å². The Morgan fingerprint density at radius 2 is 1.58 bits per heavy atom. The van der Waals surface area contributed by atoms with Gasteiger partial charge in [0, 0.05) is 24.3 Å². The van der Waals surface area contributed by atoms with E-state index in [4.69, 9.17) is 10.3 Å². The summed E-state index contributed by atoms with van der Waals surface area (Å²) in [7, 11) is 0. The fraction of sp³-hybridized carbons (Fsp3) is 0.414. The lowest BCUT2D eigenvalue weighted by Gasteiger charge is -2.32. The van der Waals surface area contributed by atoms with Crippen LogP contribution in [0.4, 0.5) is 5.69 Å². The van der Waals surface area contributed by atoms with Crippen LogP contribution in [0.5, 0.6) is 0 Å². The Balaban J connectivity index is 1.74. The number of carbonyl (C=O) groups excluding carboxylic acids is 2. The lowest BCUT2D eigenvalue weighted by Crippen LogP contribution is -2.42. The first-order valence-corrected chi connectivity index (χ1v) is 12.2. The summed E-state index contributed by atoms with van der Waals surface area (Å²) in [5, 5.41) is 6.88. The van der Waals surface area contributed by atoms with Crippen LogP contribution in [-0.4, -0.2) is 35.0 Å². The molecule has 2 amide bonds. The van der Waals surface area contributed by atoms with Gasteiger partial charge in [-0.15, -0.1) is 0 Å². The molecule has 192 valence electrons. The van der Waals surface area contributed by atoms with Crippen LogP contribution in [0, 0.1) is 19.3 Å². The number of amides is 2. The minimum absolute atomic E-state index is 0.0327. The zero-order valence-corrected chi connectivity index (χ0v) is 22.4. The molecule has 0 aliphatic rings. The Morgan fingerprint density at radius 3 is 2.08 bits per heavy atom. The van der Waals surface area contributed by atoms with Crippen molar-refractivity contribution < 1.29 is 14.1 Å². The van der Waals surface area contributed by atoms with Crippen LogP contribution in [0.25, 0.3) is 0 Å². The normalized spacial score (nSPS) is 11.9. The van der Waals surface area contributed by atoms with E-state index in [0.29, 0.717) is 47.9 Å². The van der Waals surface area contributed by atoms with E-state index in [1.807, 2.05) is 62.4 Å². The van der Waals surface area contributed by atoms with Crippen molar-refractivity contribution in [2.45, 2.75) is 60.4 Å². The standard InChI is InChI=1S/C29H38N4O3/c1-19-25(20(2)36-32-19)27(35)33(18-29(6,7)17-30)16-21-8-14-24(15-9-21)31-26(34)22-10-12-23(13-11-22)28(3,4)5/h8-15H,16-18,30H2,1-7H3,(H,31,34). The Labute approximate surface area is 214 Å². The Hall–Kier alpha value is -3.45. The minimum Gasteiger partial charge on any atom is -0.361 e. The molecule has 3 aromatic rings. The van der Waals surface area contributed by atoms with Gasteiger partial charge in [-0.25, -0.2) is 0 Å². The molecule has 1 heterocycles. The number of carbonyl (C=O) groups is 2. The molecule has 0 atom stereocenters. The monoisotopic (exact) mass is 490 g/mol. The van der Waals surface area contributed by atoms with Crippen molar-refractivity contribution in [1.29, 1.82) is 0 Å². The van der Waals surface area contributed by atoms with Crippen LogP contribution in [0.3, 0.4) is 0 Å². The second-order valence-corrected chi connectivity index (χ2v) is 11.2. The molecule has 0 fully saturated rings. The van der Waals surface area contributed by atoms with E-state index in [1.165, 1.54) is 5.56 Å². The number of nitrogens with two attached hydrogens (primary N) is 1. The summed E-state index contributed by atoms with van der Waals surface area (Å²) in [4.78, 5) is 27.9. The number of aromatic nitrogens is 1. The highest BCUT2D eigenvalue weighted by atomic mass is 16.5. The highest BCUT2D eigenvalue weighted by molar-refractivity contribution is 6.04. The maximum absolute atomic E-state index is 13.4. The van der Waals surface area contributed by atoms with Crippen LogP contribution in [0.2, 0.25) is 0 Å². The molecular formula is C29H38N4O3. The summed E-state index contributed by atoms with van der Waals surface area (Å²) >= 11 is 0. The molecule has 0 aliphatic carbocycles. The van der Waals surface area contributed by atoms with E-state index in [-0.39, 0.29) is 22.6 Å². The van der Waals surface area contributed by atoms with E-state index in [2.05, 4.69) is 31.2 Å². The molecule has 1 aromatic heterocycles. The summed E-state index contributed by atoms with van der Waals surface area (Å²) in [5.41, 5.74) is 10.2. The van der Waals surface area contributed by atoms with Crippen LogP contribution >= 0.6 is 0 Å². The lowest BCUT2D eigenvalue weighted by molar-refractivity contribution is 0.0670. The summed E-state index contributed by atoms with van der Waals surface area (Å²) in [6, 6.07) is 15.2. The van der Waals surface area contributed by atoms with E-state index < -0.39 is 0 Å². The van der Waals surface area contributed by atoms with Crippen LogP contribution < -0.4 is 11.1 Å². The van der Waals surface area contributed by atoms with Crippen molar-refractivity contribution in [3.63, 3.8) is 0 Å². The van der Waals surface area contributed by atoms with Gasteiger partial charge >= 0.3 is 0 Å². The zero-order valence-electron chi connectivity index (χ0n) is 22.4. The fourth-order valence-corrected chi connectivity index (χ4v) is 3.97. The molecule has 0 saturated heterocycles. The Morgan fingerprint density at radius 1 is 0.972 bits per heavy atom. The highest BCUT2D eigenvalue weighted by Gasteiger charge is 2.28. The van der Waals surface area contributed by atoms with E-state index >= 15 is 0 Å². The van der Waals surface area contributed by atoms with Gasteiger partial charge in [0.2, 0.25) is 0 Å². The first-order chi connectivity index (χ1) is 16.8. The van der Waals surface area contributed by atoms with Gasteiger partial charge in [-0.2, -0.15) is 0 Å². The van der Waals surface area contributed by atoms with Gasteiger partial charge in [-0.3, -0.25) is 9.59 Å². The molecule has 36 heavy (non-hydrogen) atoms. The van der Waals surface area contributed by atoms with Gasteiger partial charge in [-0.1, -0.05) is 64.0 Å². The van der Waals surface area contributed by atoms with Gasteiger partial charge < -0.3 is 20.5 Å². The van der Waals surface area contributed by atoms with Gasteiger partial charge in [0.05, 0.1) is 5.69 Å². The van der Waals surface area contributed by atoms with Gasteiger partial charge in [0.15, 0.2) is 0 Å². The summed E-state index contributed by atoms with van der Waals surface area (Å²) in [6.07, 6.45) is 0. The minimum atomic E-state index is -0.259. The van der Waals surface area contributed by atoms with E-state index in [0.717, 1.165) is 5.56 Å². The summed E-state index contributed by atoms with van der Waals surface area (Å²) in [5.74, 6) is 0.202. The SMILES string of the molecule is Cc1noc(C)c1C(=O)N(Cc1ccc(NC(=O)c2ccc(C(C)(C)C)cc2)cc1)CC(C)(C)CN. The van der Waals surface area contributed by atoms with E-state index in [1.54, 1.807) is 18.7 Å². The van der Waals surface area contributed by atoms with Gasteiger partial charge in [0.1, 0.15) is 11.3 Å². The number of nitrogens with one attached hydrogen (secondary N) is 1. The molecule has 2 aromatic carbocycles. The van der Waals surface area contributed by atoms with Crippen molar-refractivity contribution in [1.82, 2.24) is 10.1 Å². The topological polar surface area (TPSA) is 101 Å².